The van der Waals surface area contributed by atoms with Crippen molar-refractivity contribution in [1.29, 1.82) is 0 Å². The molecule has 1 aliphatic heterocycles. The number of aliphatic hydroxyl groups excluding tert-OH is 1. The number of hydrogen-bond acceptors (Lipinski definition) is 4. The average molecular weight is 454 g/mol. The first-order chi connectivity index (χ1) is 15.2. The van der Waals surface area contributed by atoms with E-state index in [0.29, 0.717) is 24.4 Å². The summed E-state index contributed by atoms with van der Waals surface area (Å²) in [7, 11) is 1.78. The van der Waals surface area contributed by atoms with Gasteiger partial charge in [-0.25, -0.2) is 15.0 Å². The monoisotopic (exact) mass is 454 g/mol. The second-order valence-electron chi connectivity index (χ2n) is 7.29. The average Bonchev–Trinajstić information content (AvgIpc) is 3.25. The Balaban J connectivity index is 2.19. The van der Waals surface area contributed by atoms with Gasteiger partial charge in [0.25, 0.3) is 0 Å². The van der Waals surface area contributed by atoms with E-state index in [-0.39, 0.29) is 31.3 Å². The van der Waals surface area contributed by atoms with Crippen molar-refractivity contribution in [3.63, 3.8) is 0 Å². The van der Waals surface area contributed by atoms with E-state index in [1.807, 2.05) is 0 Å². The lowest BCUT2D eigenvalue weighted by atomic mass is 10.1. The van der Waals surface area contributed by atoms with E-state index < -0.39 is 17.8 Å². The van der Waals surface area contributed by atoms with Crippen molar-refractivity contribution < 1.29 is 23.0 Å². The van der Waals surface area contributed by atoms with E-state index in [1.54, 1.807) is 18.9 Å². The molecule has 0 saturated carbocycles. The molecule has 32 heavy (non-hydrogen) atoms. The van der Waals surface area contributed by atoms with E-state index in [9.17, 15) is 18.3 Å². The number of benzene rings is 1. The Kier molecular flexibility index (Phi) is 9.21. The highest BCUT2D eigenvalue weighted by atomic mass is 19.4. The van der Waals surface area contributed by atoms with E-state index >= 15 is 0 Å². The number of aliphatic imine (C=N–C) groups is 3. The van der Waals surface area contributed by atoms with Gasteiger partial charge in [0.05, 0.1) is 30.9 Å². The molecule has 8 nitrogen and oxygen atoms in total. The molecule has 0 aromatic heterocycles. The lowest BCUT2D eigenvalue weighted by Crippen LogP contribution is -2.51. The van der Waals surface area contributed by atoms with Gasteiger partial charge in [-0.05, 0) is 37.5 Å². The molecule has 1 aromatic carbocycles. The fourth-order valence-electron chi connectivity index (χ4n) is 2.99. The number of guanidine groups is 1. The Hall–Kier alpha value is -2.92. The Morgan fingerprint density at radius 3 is 2.62 bits per heavy atom. The zero-order valence-corrected chi connectivity index (χ0v) is 18.1. The van der Waals surface area contributed by atoms with E-state index in [4.69, 9.17) is 10.5 Å². The molecule has 1 aliphatic rings. The van der Waals surface area contributed by atoms with Crippen molar-refractivity contribution in [2.24, 2.45) is 20.7 Å². The second kappa shape index (κ2) is 11.6. The molecule has 2 rings (SSSR count). The molecule has 3 unspecified atom stereocenters. The molecular weight excluding hydrogens is 425 g/mol. The van der Waals surface area contributed by atoms with Crippen LogP contribution >= 0.6 is 0 Å². The van der Waals surface area contributed by atoms with E-state index in [0.717, 1.165) is 12.1 Å². The van der Waals surface area contributed by atoms with Crippen molar-refractivity contribution in [2.45, 2.75) is 50.9 Å². The van der Waals surface area contributed by atoms with Gasteiger partial charge in [0, 0.05) is 13.2 Å². The molecule has 1 saturated heterocycles. The number of hydrogen-bond donors (Lipinski definition) is 3. The highest BCUT2D eigenvalue weighted by molar-refractivity contribution is 5.94. The number of halogens is 3. The number of ether oxygens (including phenoxy) is 1. The SMILES string of the molecule is C=CN=CN=C(N)C(C)NC(=NCc1ccc(C(F)(F)F)cc1)N(C)C1CCC(CO)O1. The molecule has 11 heteroatoms. The molecule has 1 heterocycles. The molecule has 4 N–H and O–H groups in total. The third kappa shape index (κ3) is 7.34. The first-order valence-corrected chi connectivity index (χ1v) is 10.1. The second-order valence-corrected chi connectivity index (χ2v) is 7.29. The third-order valence-corrected chi connectivity index (χ3v) is 4.92. The third-order valence-electron chi connectivity index (χ3n) is 4.92. The van der Waals surface area contributed by atoms with Crippen LogP contribution in [0.15, 0.2) is 52.0 Å². The molecule has 0 spiro atoms. The lowest BCUT2D eigenvalue weighted by molar-refractivity contribution is -0.137. The summed E-state index contributed by atoms with van der Waals surface area (Å²) in [6.45, 7) is 5.31. The van der Waals surface area contributed by atoms with Crippen LogP contribution in [-0.2, 0) is 17.5 Å². The van der Waals surface area contributed by atoms with Crippen LogP contribution in [0.3, 0.4) is 0 Å². The van der Waals surface area contributed by atoms with Crippen LogP contribution in [0.2, 0.25) is 0 Å². The van der Waals surface area contributed by atoms with Gasteiger partial charge in [-0.2, -0.15) is 13.2 Å². The standard InChI is InChI=1S/C21H29F3N6O2/c1-4-26-13-28-19(25)14(2)29-20(30(3)18-10-9-17(12-31)32-18)27-11-15-5-7-16(8-6-15)21(22,23)24/h4-8,13-14,17-18,31H,1,9-12H2,2-3H3,(H,27,29)(H2,25,26,28). The number of nitrogens with one attached hydrogen (secondary N) is 1. The highest BCUT2D eigenvalue weighted by Crippen LogP contribution is 2.29. The summed E-state index contributed by atoms with van der Waals surface area (Å²) in [6.07, 6.45) is -0.971. The van der Waals surface area contributed by atoms with Crippen LogP contribution in [0.25, 0.3) is 0 Å². The molecule has 1 aromatic rings. The zero-order chi connectivity index (χ0) is 23.7. The Morgan fingerprint density at radius 1 is 1.38 bits per heavy atom. The molecule has 0 amide bonds. The van der Waals surface area contributed by atoms with Crippen molar-refractivity contribution in [3.8, 4) is 0 Å². The Morgan fingerprint density at radius 2 is 2.06 bits per heavy atom. The Labute approximate surface area is 185 Å². The summed E-state index contributed by atoms with van der Waals surface area (Å²) >= 11 is 0. The van der Waals surface area contributed by atoms with Crippen molar-refractivity contribution in [1.82, 2.24) is 10.2 Å². The van der Waals surface area contributed by atoms with E-state index in [2.05, 4.69) is 26.9 Å². The molecule has 3 atom stereocenters. The number of nitrogens with two attached hydrogens (primary N) is 1. The molecule has 176 valence electrons. The van der Waals surface area contributed by atoms with Crippen molar-refractivity contribution in [3.05, 3.63) is 48.2 Å². The van der Waals surface area contributed by atoms with Crippen molar-refractivity contribution >= 4 is 18.1 Å². The fourth-order valence-corrected chi connectivity index (χ4v) is 2.99. The Bertz CT molecular complexity index is 839. The van der Waals surface area contributed by atoms with Gasteiger partial charge in [0.15, 0.2) is 5.96 Å². The van der Waals surface area contributed by atoms with Gasteiger partial charge in [-0.15, -0.1) is 0 Å². The van der Waals surface area contributed by atoms with Crippen LogP contribution in [0.1, 0.15) is 30.9 Å². The molecule has 0 radical (unpaired) electrons. The number of amidine groups is 1. The van der Waals surface area contributed by atoms with Crippen LogP contribution in [0.4, 0.5) is 13.2 Å². The summed E-state index contributed by atoms with van der Waals surface area (Å²) in [6, 6.07) is 4.42. The smallest absolute Gasteiger partial charge is 0.394 e. The number of nitrogens with zero attached hydrogens (tertiary/aromatic N) is 4. The fraction of sp³-hybridized carbons (Fsp3) is 0.476. The first-order valence-electron chi connectivity index (χ1n) is 10.1. The summed E-state index contributed by atoms with van der Waals surface area (Å²) in [5, 5.41) is 12.5. The predicted octanol–water partition coefficient (Wildman–Crippen LogP) is 2.50. The van der Waals surface area contributed by atoms with Gasteiger partial charge in [0.1, 0.15) is 18.4 Å². The van der Waals surface area contributed by atoms with Gasteiger partial charge < -0.3 is 25.8 Å². The van der Waals surface area contributed by atoms with Crippen LogP contribution in [-0.4, -0.2) is 60.2 Å². The summed E-state index contributed by atoms with van der Waals surface area (Å²) in [5.41, 5.74) is 5.88. The van der Waals surface area contributed by atoms with Crippen molar-refractivity contribution in [2.75, 3.05) is 13.7 Å². The minimum atomic E-state index is -4.39. The number of rotatable bonds is 8. The van der Waals surface area contributed by atoms with Crippen LogP contribution in [0, 0.1) is 0 Å². The van der Waals surface area contributed by atoms with Gasteiger partial charge in [-0.3, -0.25) is 0 Å². The number of aliphatic hydroxyl groups is 1. The summed E-state index contributed by atoms with van der Waals surface area (Å²) in [5.74, 6) is 0.687. The summed E-state index contributed by atoms with van der Waals surface area (Å²) in [4.78, 5) is 14.1. The van der Waals surface area contributed by atoms with E-state index in [1.165, 1.54) is 24.7 Å². The topological polar surface area (TPSA) is 108 Å². The minimum absolute atomic E-state index is 0.0750. The minimum Gasteiger partial charge on any atom is -0.394 e. The molecular formula is C21H29F3N6O2. The quantitative estimate of drug-likeness (QED) is 0.413. The lowest BCUT2D eigenvalue weighted by Gasteiger charge is -2.30. The molecule has 1 fully saturated rings. The predicted molar refractivity (Wildman–Crippen MR) is 118 cm³/mol. The highest BCUT2D eigenvalue weighted by Gasteiger charge is 2.31. The maximum atomic E-state index is 12.8. The maximum Gasteiger partial charge on any atom is 0.416 e. The zero-order valence-electron chi connectivity index (χ0n) is 18.1. The van der Waals surface area contributed by atoms with Gasteiger partial charge in [0.2, 0.25) is 0 Å². The molecule has 0 bridgehead atoms. The number of alkyl halides is 3. The normalized spacial score (nSPS) is 21.1. The van der Waals surface area contributed by atoms with Gasteiger partial charge in [-0.1, -0.05) is 18.7 Å². The van der Waals surface area contributed by atoms with Crippen LogP contribution < -0.4 is 11.1 Å². The largest absolute Gasteiger partial charge is 0.416 e. The first kappa shape index (κ1) is 25.3. The molecule has 0 aliphatic carbocycles. The van der Waals surface area contributed by atoms with Gasteiger partial charge >= 0.3 is 6.18 Å². The summed E-state index contributed by atoms with van der Waals surface area (Å²) < 4.78 is 44.2. The maximum absolute atomic E-state index is 12.8. The van der Waals surface area contributed by atoms with Crippen LogP contribution in [0.5, 0.6) is 0 Å².